The van der Waals surface area contributed by atoms with Crippen LogP contribution in [0, 0.1) is 0 Å². The fourth-order valence-corrected chi connectivity index (χ4v) is 6.86. The van der Waals surface area contributed by atoms with Crippen LogP contribution in [0.4, 0.5) is 19.1 Å². The second-order valence-electron chi connectivity index (χ2n) is 10.3. The molecule has 2 N–H and O–H groups in total. The van der Waals surface area contributed by atoms with Crippen molar-refractivity contribution < 1.29 is 35.8 Å². The lowest BCUT2D eigenvalue weighted by atomic mass is 9.89. The minimum Gasteiger partial charge on any atom is -0.496 e. The molecule has 14 heteroatoms. The van der Waals surface area contributed by atoms with Gasteiger partial charge in [0, 0.05) is 37.8 Å². The number of nitrogens with zero attached hydrogens (tertiary/aromatic N) is 3. The summed E-state index contributed by atoms with van der Waals surface area (Å²) in [4.78, 5) is 8.04. The lowest BCUT2D eigenvalue weighted by Crippen LogP contribution is -2.42. The number of sulfonamides is 1. The van der Waals surface area contributed by atoms with E-state index in [-0.39, 0.29) is 36.6 Å². The quantitative estimate of drug-likeness (QED) is 0.481. The van der Waals surface area contributed by atoms with Crippen LogP contribution in [0.25, 0.3) is 0 Å². The van der Waals surface area contributed by atoms with Crippen LogP contribution in [-0.4, -0.2) is 81.3 Å². The molecule has 1 atom stereocenters. The maximum absolute atomic E-state index is 13.5. The Kier molecular flexibility index (Phi) is 8.69. The zero-order chi connectivity index (χ0) is 28.3. The topological polar surface area (TPSA) is 115 Å². The number of alkyl halides is 3. The first-order chi connectivity index (χ1) is 19.1. The summed E-state index contributed by atoms with van der Waals surface area (Å²) in [5.74, 6) is 0.356. The highest BCUT2D eigenvalue weighted by Gasteiger charge is 2.38. The summed E-state index contributed by atoms with van der Waals surface area (Å²) in [5, 5.41) is 6.38. The van der Waals surface area contributed by atoms with E-state index in [9.17, 15) is 21.6 Å². The van der Waals surface area contributed by atoms with Crippen molar-refractivity contribution in [3.63, 3.8) is 0 Å². The molecule has 4 heterocycles. The van der Waals surface area contributed by atoms with Crippen LogP contribution >= 0.6 is 0 Å². The van der Waals surface area contributed by atoms with Crippen molar-refractivity contribution in [2.75, 3.05) is 51.8 Å². The SMILES string of the molecule is COc1cc(S(=O)(=O)N2CCC(Nc3ncc(C(F)(F)F)c(O[C@H]4CCOC4)n3)CC2)ccc1C1CCNCC1. The van der Waals surface area contributed by atoms with Crippen LogP contribution in [0.2, 0.25) is 0 Å². The van der Waals surface area contributed by atoms with Crippen LogP contribution in [0.15, 0.2) is 29.3 Å². The molecule has 0 bridgehead atoms. The monoisotopic (exact) mass is 585 g/mol. The molecule has 0 radical (unpaired) electrons. The number of ether oxygens (including phenoxy) is 3. The highest BCUT2D eigenvalue weighted by molar-refractivity contribution is 7.89. The Labute approximate surface area is 231 Å². The molecule has 3 aliphatic rings. The Morgan fingerprint density at radius 2 is 1.88 bits per heavy atom. The third-order valence-corrected chi connectivity index (χ3v) is 9.53. The first-order valence-electron chi connectivity index (χ1n) is 13.5. The standard InChI is InChI=1S/C26H34F3N5O5S/c1-37-23-14-20(2-3-21(23)17-4-9-30-10-5-17)40(35,36)34-11-6-18(7-12-34)32-25-31-15-22(26(27,28)29)24(33-25)39-19-8-13-38-16-19/h2-3,14-15,17-19,30H,4-13,16H2,1H3,(H,31,32,33)/t19-/m0/s1. The summed E-state index contributed by atoms with van der Waals surface area (Å²) in [6, 6.07) is 4.88. The van der Waals surface area contributed by atoms with Crippen LogP contribution in [-0.2, 0) is 20.9 Å². The average Bonchev–Trinajstić information content (AvgIpc) is 3.46. The summed E-state index contributed by atoms with van der Waals surface area (Å²) in [5.41, 5.74) is -0.0290. The lowest BCUT2D eigenvalue weighted by Gasteiger charge is -2.32. The normalized spacial score (nSPS) is 21.9. The minimum atomic E-state index is -4.67. The molecule has 5 rings (SSSR count). The molecule has 1 aromatic heterocycles. The molecule has 3 saturated heterocycles. The van der Waals surface area contributed by atoms with Crippen LogP contribution in [0.5, 0.6) is 11.6 Å². The van der Waals surface area contributed by atoms with Gasteiger partial charge in [0.15, 0.2) is 0 Å². The molecule has 0 unspecified atom stereocenters. The maximum atomic E-state index is 13.5. The minimum absolute atomic E-state index is 0.00135. The first-order valence-corrected chi connectivity index (χ1v) is 14.9. The van der Waals surface area contributed by atoms with Crippen LogP contribution < -0.4 is 20.1 Å². The van der Waals surface area contributed by atoms with Gasteiger partial charge in [0.25, 0.3) is 0 Å². The van der Waals surface area contributed by atoms with Gasteiger partial charge in [0.2, 0.25) is 21.9 Å². The molecule has 10 nitrogen and oxygen atoms in total. The number of halogens is 3. The third kappa shape index (κ3) is 6.45. The van der Waals surface area contributed by atoms with Gasteiger partial charge in [-0.15, -0.1) is 0 Å². The van der Waals surface area contributed by atoms with E-state index in [1.165, 1.54) is 4.31 Å². The lowest BCUT2D eigenvalue weighted by molar-refractivity contribution is -0.139. The number of hydrogen-bond donors (Lipinski definition) is 2. The van der Waals surface area contributed by atoms with Crippen molar-refractivity contribution in [2.45, 2.75) is 61.2 Å². The zero-order valence-electron chi connectivity index (χ0n) is 22.2. The van der Waals surface area contributed by atoms with E-state index in [1.54, 1.807) is 19.2 Å². The maximum Gasteiger partial charge on any atom is 0.423 e. The molecule has 0 amide bonds. The molecule has 3 fully saturated rings. The molecule has 220 valence electrons. The molecule has 0 aliphatic carbocycles. The zero-order valence-corrected chi connectivity index (χ0v) is 23.1. The van der Waals surface area contributed by atoms with Gasteiger partial charge in [0.05, 0.1) is 25.2 Å². The van der Waals surface area contributed by atoms with Crippen molar-refractivity contribution in [1.82, 2.24) is 19.6 Å². The molecule has 3 aliphatic heterocycles. The molecule has 2 aromatic rings. The fourth-order valence-electron chi connectivity index (χ4n) is 5.38. The smallest absolute Gasteiger partial charge is 0.423 e. The molecule has 1 aromatic carbocycles. The number of rotatable bonds is 8. The van der Waals surface area contributed by atoms with Crippen molar-refractivity contribution in [3.05, 3.63) is 35.5 Å². The fraction of sp³-hybridized carbons (Fsp3) is 0.615. The second kappa shape index (κ2) is 12.0. The summed E-state index contributed by atoms with van der Waals surface area (Å²) in [7, 11) is -2.21. The number of aromatic nitrogens is 2. The number of anilines is 1. The van der Waals surface area contributed by atoms with Gasteiger partial charge in [-0.2, -0.15) is 22.5 Å². The highest BCUT2D eigenvalue weighted by Crippen LogP contribution is 2.37. The largest absolute Gasteiger partial charge is 0.496 e. The summed E-state index contributed by atoms with van der Waals surface area (Å²) < 4.78 is 85.0. The van der Waals surface area contributed by atoms with Crippen LogP contribution in [0.1, 0.15) is 49.1 Å². The number of piperidine rings is 2. The summed E-state index contributed by atoms with van der Waals surface area (Å²) >= 11 is 0. The van der Waals surface area contributed by atoms with Gasteiger partial charge in [0.1, 0.15) is 17.4 Å². The average molecular weight is 586 g/mol. The van der Waals surface area contributed by atoms with E-state index in [0.717, 1.165) is 31.5 Å². The van der Waals surface area contributed by atoms with Gasteiger partial charge in [-0.3, -0.25) is 0 Å². The summed E-state index contributed by atoms with van der Waals surface area (Å²) in [6.07, 6.45) is -1.19. The van der Waals surface area contributed by atoms with Gasteiger partial charge >= 0.3 is 6.18 Å². The Balaban J connectivity index is 1.24. The Bertz CT molecular complexity index is 1280. The molecule has 40 heavy (non-hydrogen) atoms. The highest BCUT2D eigenvalue weighted by atomic mass is 32.2. The van der Waals surface area contributed by atoms with E-state index >= 15 is 0 Å². The Morgan fingerprint density at radius 3 is 2.52 bits per heavy atom. The number of nitrogens with one attached hydrogen (secondary N) is 2. The summed E-state index contributed by atoms with van der Waals surface area (Å²) in [6.45, 7) is 2.92. The molecule has 0 saturated carbocycles. The van der Waals surface area contributed by atoms with E-state index in [2.05, 4.69) is 20.6 Å². The second-order valence-corrected chi connectivity index (χ2v) is 12.2. The molecular formula is C26H34F3N5O5S. The predicted molar refractivity (Wildman–Crippen MR) is 140 cm³/mol. The predicted octanol–water partition coefficient (Wildman–Crippen LogP) is 3.40. The Morgan fingerprint density at radius 1 is 1.12 bits per heavy atom. The van der Waals surface area contributed by atoms with Gasteiger partial charge in [-0.1, -0.05) is 6.07 Å². The molecule has 0 spiro atoms. The van der Waals surface area contributed by atoms with Gasteiger partial charge in [-0.25, -0.2) is 13.4 Å². The van der Waals surface area contributed by atoms with Crippen molar-refractivity contribution >= 4 is 16.0 Å². The Hall–Kier alpha value is -2.68. The van der Waals surface area contributed by atoms with Crippen molar-refractivity contribution in [3.8, 4) is 11.6 Å². The van der Waals surface area contributed by atoms with E-state index < -0.39 is 33.7 Å². The van der Waals surface area contributed by atoms with Gasteiger partial charge < -0.3 is 24.8 Å². The van der Waals surface area contributed by atoms with E-state index in [1.807, 2.05) is 6.07 Å². The van der Waals surface area contributed by atoms with Crippen molar-refractivity contribution in [2.24, 2.45) is 0 Å². The van der Waals surface area contributed by atoms with Crippen molar-refractivity contribution in [1.29, 1.82) is 0 Å². The molecular weight excluding hydrogens is 551 g/mol. The number of hydrogen-bond acceptors (Lipinski definition) is 9. The number of methoxy groups -OCH3 is 1. The third-order valence-electron chi connectivity index (χ3n) is 7.63. The van der Waals surface area contributed by atoms with Crippen LogP contribution in [0.3, 0.4) is 0 Å². The van der Waals surface area contributed by atoms with E-state index in [0.29, 0.717) is 43.7 Å². The van der Waals surface area contributed by atoms with Gasteiger partial charge in [-0.05, 0) is 56.3 Å². The first kappa shape index (κ1) is 28.8. The van der Waals surface area contributed by atoms with E-state index in [4.69, 9.17) is 14.2 Å². The number of benzene rings is 1.